The topological polar surface area (TPSA) is 69.4 Å². The highest BCUT2D eigenvalue weighted by molar-refractivity contribution is 5.98. The monoisotopic (exact) mass is 231 g/mol. The van der Waals surface area contributed by atoms with Crippen molar-refractivity contribution in [3.05, 3.63) is 40.5 Å². The fourth-order valence-corrected chi connectivity index (χ4v) is 1.85. The first kappa shape index (κ1) is 11.4. The minimum atomic E-state index is -0.461. The molecule has 0 aliphatic heterocycles. The molecule has 0 saturated carbocycles. The second-order valence-electron chi connectivity index (χ2n) is 3.84. The minimum Gasteiger partial charge on any atom is -0.463 e. The van der Waals surface area contributed by atoms with Crippen LogP contribution in [0.5, 0.6) is 0 Å². The van der Waals surface area contributed by atoms with Crippen LogP contribution in [0.15, 0.2) is 23.8 Å². The molecule has 0 atom stereocenters. The highest BCUT2D eigenvalue weighted by Gasteiger charge is 2.20. The van der Waals surface area contributed by atoms with E-state index in [1.165, 1.54) is 0 Å². The van der Waals surface area contributed by atoms with E-state index in [-0.39, 0.29) is 5.97 Å². The summed E-state index contributed by atoms with van der Waals surface area (Å²) in [5.74, 6) is -0.762. The molecule has 0 saturated heterocycles. The molecule has 88 valence electrons. The van der Waals surface area contributed by atoms with Crippen molar-refractivity contribution in [1.82, 2.24) is 0 Å². The Bertz CT molecular complexity index is 517. The Kier molecular flexibility index (Phi) is 2.95. The zero-order chi connectivity index (χ0) is 12.4. The number of carbonyl (C=O) groups excluding carboxylic acids is 2. The number of ether oxygens (including phenoxy) is 1. The van der Waals surface area contributed by atoms with Crippen LogP contribution in [0.25, 0.3) is 6.08 Å². The Morgan fingerprint density at radius 2 is 2.18 bits per heavy atom. The summed E-state index contributed by atoms with van der Waals surface area (Å²) in [6.07, 6.45) is 2.29. The molecule has 0 bridgehead atoms. The van der Waals surface area contributed by atoms with Gasteiger partial charge in [0.15, 0.2) is 0 Å². The van der Waals surface area contributed by atoms with Crippen LogP contribution in [0, 0.1) is 0 Å². The SMILES string of the molecule is CCOC(=O)C1=Cc2ccc(C(N)=O)cc2C1. The average molecular weight is 231 g/mol. The number of nitrogens with two attached hydrogens (primary N) is 1. The third kappa shape index (κ3) is 2.20. The molecule has 1 amide bonds. The molecule has 0 fully saturated rings. The van der Waals surface area contributed by atoms with Gasteiger partial charge in [-0.3, -0.25) is 4.79 Å². The van der Waals surface area contributed by atoms with Crippen LogP contribution in [0.2, 0.25) is 0 Å². The maximum absolute atomic E-state index is 11.6. The summed E-state index contributed by atoms with van der Waals surface area (Å²) in [5.41, 5.74) is 8.15. The number of fused-ring (bicyclic) bond motifs is 1. The Labute approximate surface area is 99.1 Å². The number of amides is 1. The van der Waals surface area contributed by atoms with Gasteiger partial charge in [-0.15, -0.1) is 0 Å². The van der Waals surface area contributed by atoms with Gasteiger partial charge in [0.2, 0.25) is 5.91 Å². The average Bonchev–Trinajstić information content (AvgIpc) is 2.71. The first-order valence-electron chi connectivity index (χ1n) is 5.42. The molecule has 1 aromatic rings. The lowest BCUT2D eigenvalue weighted by Crippen LogP contribution is -2.11. The second-order valence-corrected chi connectivity index (χ2v) is 3.84. The largest absolute Gasteiger partial charge is 0.463 e. The van der Waals surface area contributed by atoms with Gasteiger partial charge in [0.25, 0.3) is 0 Å². The number of primary amides is 1. The standard InChI is InChI=1S/C13H13NO3/c1-2-17-13(16)11-5-8-3-4-9(12(14)15)6-10(8)7-11/h3-6H,2,7H2,1H3,(H2,14,15). The van der Waals surface area contributed by atoms with E-state index in [0.29, 0.717) is 24.2 Å². The van der Waals surface area contributed by atoms with E-state index in [1.54, 1.807) is 31.2 Å². The summed E-state index contributed by atoms with van der Waals surface area (Å²) in [5, 5.41) is 0. The molecule has 0 aromatic heterocycles. The van der Waals surface area contributed by atoms with Crippen LogP contribution in [0.1, 0.15) is 28.4 Å². The maximum atomic E-state index is 11.6. The molecule has 1 aromatic carbocycles. The predicted molar refractivity (Wildman–Crippen MR) is 63.3 cm³/mol. The number of esters is 1. The number of hydrogen-bond donors (Lipinski definition) is 1. The zero-order valence-corrected chi connectivity index (χ0v) is 9.53. The minimum absolute atomic E-state index is 0.302. The van der Waals surface area contributed by atoms with E-state index >= 15 is 0 Å². The molecule has 1 aliphatic rings. The lowest BCUT2D eigenvalue weighted by atomic mass is 10.1. The number of hydrogen-bond acceptors (Lipinski definition) is 3. The van der Waals surface area contributed by atoms with Gasteiger partial charge in [-0.1, -0.05) is 6.07 Å². The van der Waals surface area contributed by atoms with Gasteiger partial charge in [-0.05, 0) is 36.3 Å². The molecule has 0 spiro atoms. The number of rotatable bonds is 3. The molecule has 1 aliphatic carbocycles. The third-order valence-electron chi connectivity index (χ3n) is 2.68. The summed E-state index contributed by atoms with van der Waals surface area (Å²) in [4.78, 5) is 22.6. The van der Waals surface area contributed by atoms with Gasteiger partial charge in [-0.25, -0.2) is 4.79 Å². The van der Waals surface area contributed by atoms with E-state index in [4.69, 9.17) is 10.5 Å². The summed E-state index contributed by atoms with van der Waals surface area (Å²) in [7, 11) is 0. The van der Waals surface area contributed by atoms with Crippen molar-refractivity contribution in [3.63, 3.8) is 0 Å². The van der Waals surface area contributed by atoms with Gasteiger partial charge < -0.3 is 10.5 Å². The third-order valence-corrected chi connectivity index (χ3v) is 2.68. The van der Waals surface area contributed by atoms with Crippen LogP contribution in [0.3, 0.4) is 0 Å². The van der Waals surface area contributed by atoms with E-state index < -0.39 is 5.91 Å². The number of benzene rings is 1. The smallest absolute Gasteiger partial charge is 0.334 e. The number of carbonyl (C=O) groups is 2. The molecule has 17 heavy (non-hydrogen) atoms. The van der Waals surface area contributed by atoms with Crippen molar-refractivity contribution in [2.75, 3.05) is 6.61 Å². The Hall–Kier alpha value is -2.10. The van der Waals surface area contributed by atoms with E-state index in [9.17, 15) is 9.59 Å². The van der Waals surface area contributed by atoms with Crippen molar-refractivity contribution < 1.29 is 14.3 Å². The molecule has 4 nitrogen and oxygen atoms in total. The lowest BCUT2D eigenvalue weighted by Gasteiger charge is -2.02. The van der Waals surface area contributed by atoms with Crippen molar-refractivity contribution in [2.24, 2.45) is 5.73 Å². The molecule has 0 heterocycles. The van der Waals surface area contributed by atoms with Gasteiger partial charge in [0.05, 0.1) is 6.61 Å². The van der Waals surface area contributed by atoms with Crippen LogP contribution >= 0.6 is 0 Å². The zero-order valence-electron chi connectivity index (χ0n) is 9.53. The van der Waals surface area contributed by atoms with Crippen molar-refractivity contribution in [3.8, 4) is 0 Å². The molecule has 2 rings (SSSR count). The highest BCUT2D eigenvalue weighted by Crippen LogP contribution is 2.26. The summed E-state index contributed by atoms with van der Waals surface area (Å²) < 4.78 is 4.94. The summed E-state index contributed by atoms with van der Waals surface area (Å²) in [6, 6.07) is 5.17. The molecular formula is C13H13NO3. The van der Waals surface area contributed by atoms with Gasteiger partial charge >= 0.3 is 5.97 Å². The van der Waals surface area contributed by atoms with Gasteiger partial charge in [0, 0.05) is 17.6 Å². The first-order chi connectivity index (χ1) is 8.11. The molecular weight excluding hydrogens is 218 g/mol. The maximum Gasteiger partial charge on any atom is 0.334 e. The van der Waals surface area contributed by atoms with Crippen molar-refractivity contribution >= 4 is 18.0 Å². The molecule has 0 unspecified atom stereocenters. The predicted octanol–water partition coefficient (Wildman–Crippen LogP) is 1.29. The van der Waals surface area contributed by atoms with Gasteiger partial charge in [0.1, 0.15) is 0 Å². The summed E-state index contributed by atoms with van der Waals surface area (Å²) in [6.45, 7) is 2.13. The fraction of sp³-hybridized carbons (Fsp3) is 0.231. The van der Waals surface area contributed by atoms with Gasteiger partial charge in [-0.2, -0.15) is 0 Å². The van der Waals surface area contributed by atoms with Crippen LogP contribution in [-0.2, 0) is 16.0 Å². The van der Waals surface area contributed by atoms with Crippen LogP contribution < -0.4 is 5.73 Å². The first-order valence-corrected chi connectivity index (χ1v) is 5.42. The van der Waals surface area contributed by atoms with Crippen LogP contribution in [-0.4, -0.2) is 18.5 Å². The Balaban J connectivity index is 2.23. The fourth-order valence-electron chi connectivity index (χ4n) is 1.85. The lowest BCUT2D eigenvalue weighted by molar-refractivity contribution is -0.138. The molecule has 2 N–H and O–H groups in total. The highest BCUT2D eigenvalue weighted by atomic mass is 16.5. The summed E-state index contributed by atoms with van der Waals surface area (Å²) >= 11 is 0. The molecule has 4 heteroatoms. The van der Waals surface area contributed by atoms with Crippen molar-refractivity contribution in [1.29, 1.82) is 0 Å². The Morgan fingerprint density at radius 1 is 1.41 bits per heavy atom. The Morgan fingerprint density at radius 3 is 2.82 bits per heavy atom. The van der Waals surface area contributed by atoms with Crippen LogP contribution in [0.4, 0.5) is 0 Å². The van der Waals surface area contributed by atoms with E-state index in [2.05, 4.69) is 0 Å². The quantitative estimate of drug-likeness (QED) is 0.797. The molecule has 0 radical (unpaired) electrons. The van der Waals surface area contributed by atoms with E-state index in [0.717, 1.165) is 11.1 Å². The van der Waals surface area contributed by atoms with E-state index in [1.807, 2.05) is 0 Å². The van der Waals surface area contributed by atoms with Crippen molar-refractivity contribution in [2.45, 2.75) is 13.3 Å². The second kappa shape index (κ2) is 4.41. The normalized spacial score (nSPS) is 12.9.